The van der Waals surface area contributed by atoms with Gasteiger partial charge in [0.2, 0.25) is 0 Å². The number of allylic oxidation sites excluding steroid dienone is 2. The second-order valence-electron chi connectivity index (χ2n) is 16.1. The molecule has 1 atom stereocenters. The second-order valence-corrected chi connectivity index (χ2v) is 16.1. The van der Waals surface area contributed by atoms with Crippen LogP contribution in [0.5, 0.6) is 0 Å². The molecule has 0 amide bonds. The lowest BCUT2D eigenvalue weighted by Crippen LogP contribution is -2.23. The Morgan fingerprint density at radius 3 is 1.08 bits per heavy atom. The first kappa shape index (κ1) is 50.7. The standard InChI is InChI=1S/C48H92O4/c1-4-7-10-13-16-19-22-23-24-25-26-27-28-29-30-33-36-39-42-46(48(50)52-44-41-38-35-32-21-18-15-12-9-6-3)45-47(49)51-43-40-37-34-31-20-17-14-11-8-5-2/h28-29,46H,4-27,30-45H2,1-3H3/b29-28+. The topological polar surface area (TPSA) is 52.6 Å². The number of unbranched alkanes of at least 4 members (excludes halogenated alkanes) is 32. The van der Waals surface area contributed by atoms with Crippen molar-refractivity contribution in [2.24, 2.45) is 5.92 Å². The van der Waals surface area contributed by atoms with Crippen LogP contribution < -0.4 is 0 Å². The van der Waals surface area contributed by atoms with E-state index in [-0.39, 0.29) is 24.3 Å². The van der Waals surface area contributed by atoms with E-state index in [0.717, 1.165) is 51.4 Å². The molecule has 0 aliphatic rings. The van der Waals surface area contributed by atoms with Crippen molar-refractivity contribution in [1.82, 2.24) is 0 Å². The lowest BCUT2D eigenvalue weighted by Gasteiger charge is -2.16. The molecule has 0 rings (SSSR count). The third-order valence-corrected chi connectivity index (χ3v) is 10.8. The number of hydrogen-bond acceptors (Lipinski definition) is 4. The highest BCUT2D eigenvalue weighted by Gasteiger charge is 2.24. The highest BCUT2D eigenvalue weighted by molar-refractivity contribution is 5.79. The van der Waals surface area contributed by atoms with Gasteiger partial charge in [0.25, 0.3) is 0 Å². The van der Waals surface area contributed by atoms with E-state index >= 15 is 0 Å². The van der Waals surface area contributed by atoms with E-state index in [1.165, 1.54) is 180 Å². The molecule has 0 aliphatic carbocycles. The first-order valence-corrected chi connectivity index (χ1v) is 23.6. The van der Waals surface area contributed by atoms with Gasteiger partial charge in [-0.15, -0.1) is 0 Å². The fourth-order valence-corrected chi connectivity index (χ4v) is 7.21. The molecule has 0 radical (unpaired) electrons. The Morgan fingerprint density at radius 2 is 0.692 bits per heavy atom. The molecule has 0 aromatic carbocycles. The van der Waals surface area contributed by atoms with Gasteiger partial charge in [0.05, 0.1) is 25.6 Å². The van der Waals surface area contributed by atoms with Crippen molar-refractivity contribution in [3.8, 4) is 0 Å². The van der Waals surface area contributed by atoms with E-state index in [9.17, 15) is 9.59 Å². The highest BCUT2D eigenvalue weighted by Crippen LogP contribution is 2.19. The Morgan fingerprint density at radius 1 is 0.385 bits per heavy atom. The average molecular weight is 733 g/mol. The summed E-state index contributed by atoms with van der Waals surface area (Å²) in [5.74, 6) is -0.805. The monoisotopic (exact) mass is 733 g/mol. The van der Waals surface area contributed by atoms with Crippen molar-refractivity contribution in [2.45, 2.75) is 265 Å². The lowest BCUT2D eigenvalue weighted by molar-refractivity contribution is -0.155. The SMILES string of the molecule is CCCCCCCCCCCCC/C=C/CCCCCC(CC(=O)OCCCCCCCCCCCC)C(=O)OCCCCCCCCCCCC. The van der Waals surface area contributed by atoms with Crippen LogP contribution in [0, 0.1) is 5.92 Å². The van der Waals surface area contributed by atoms with Crippen molar-refractivity contribution in [3.05, 3.63) is 12.2 Å². The normalized spacial score (nSPS) is 12.1. The maximum absolute atomic E-state index is 13.1. The summed E-state index contributed by atoms with van der Waals surface area (Å²) in [7, 11) is 0. The smallest absolute Gasteiger partial charge is 0.309 e. The average Bonchev–Trinajstić information content (AvgIpc) is 3.14. The van der Waals surface area contributed by atoms with Crippen LogP contribution in [-0.2, 0) is 19.1 Å². The number of ether oxygens (including phenoxy) is 2. The minimum Gasteiger partial charge on any atom is -0.466 e. The maximum Gasteiger partial charge on any atom is 0.309 e. The van der Waals surface area contributed by atoms with Crippen LogP contribution in [0.25, 0.3) is 0 Å². The summed E-state index contributed by atoms with van der Waals surface area (Å²) in [6.45, 7) is 7.76. The molecule has 0 aromatic rings. The summed E-state index contributed by atoms with van der Waals surface area (Å²) in [5, 5.41) is 0. The van der Waals surface area contributed by atoms with Crippen molar-refractivity contribution in [1.29, 1.82) is 0 Å². The molecule has 308 valence electrons. The third kappa shape index (κ3) is 39.9. The zero-order valence-electron chi connectivity index (χ0n) is 35.6. The maximum atomic E-state index is 13.1. The zero-order valence-corrected chi connectivity index (χ0v) is 35.6. The molecule has 4 heteroatoms. The number of esters is 2. The summed E-state index contributed by atoms with van der Waals surface area (Å²) in [5.41, 5.74) is 0. The Hall–Kier alpha value is -1.32. The van der Waals surface area contributed by atoms with E-state index in [1.807, 2.05) is 0 Å². The van der Waals surface area contributed by atoms with E-state index < -0.39 is 0 Å². The van der Waals surface area contributed by atoms with Gasteiger partial charge in [-0.1, -0.05) is 226 Å². The number of carbonyl (C=O) groups excluding carboxylic acids is 2. The molecular weight excluding hydrogens is 641 g/mol. The van der Waals surface area contributed by atoms with Crippen molar-refractivity contribution in [3.63, 3.8) is 0 Å². The Kier molecular flexibility index (Phi) is 43.0. The van der Waals surface area contributed by atoms with E-state index in [4.69, 9.17) is 9.47 Å². The Labute approximate surface area is 326 Å². The summed E-state index contributed by atoms with van der Waals surface area (Å²) in [4.78, 5) is 25.8. The fourth-order valence-electron chi connectivity index (χ4n) is 7.21. The molecule has 0 spiro atoms. The molecule has 0 aliphatic heterocycles. The third-order valence-electron chi connectivity index (χ3n) is 10.8. The molecule has 0 bridgehead atoms. The largest absolute Gasteiger partial charge is 0.466 e. The van der Waals surface area contributed by atoms with Gasteiger partial charge in [0, 0.05) is 0 Å². The molecule has 0 aromatic heterocycles. The molecule has 0 saturated carbocycles. The summed E-state index contributed by atoms with van der Waals surface area (Å²) in [6.07, 6.45) is 51.6. The lowest BCUT2D eigenvalue weighted by atomic mass is 9.97. The van der Waals surface area contributed by atoms with Crippen LogP contribution in [0.1, 0.15) is 265 Å². The van der Waals surface area contributed by atoms with E-state index in [0.29, 0.717) is 19.6 Å². The molecular formula is C48H92O4. The Bertz CT molecular complexity index is 747. The predicted octanol–water partition coefficient (Wildman–Crippen LogP) is 16.1. The molecule has 52 heavy (non-hydrogen) atoms. The Balaban J connectivity index is 4.22. The highest BCUT2D eigenvalue weighted by atomic mass is 16.5. The van der Waals surface area contributed by atoms with Crippen LogP contribution in [0.2, 0.25) is 0 Å². The van der Waals surface area contributed by atoms with Crippen molar-refractivity contribution >= 4 is 11.9 Å². The summed E-state index contributed by atoms with van der Waals surface area (Å²) in [6, 6.07) is 0. The summed E-state index contributed by atoms with van der Waals surface area (Å²) < 4.78 is 11.3. The van der Waals surface area contributed by atoms with Crippen molar-refractivity contribution in [2.75, 3.05) is 13.2 Å². The summed E-state index contributed by atoms with van der Waals surface area (Å²) >= 11 is 0. The molecule has 0 saturated heterocycles. The van der Waals surface area contributed by atoms with Crippen LogP contribution >= 0.6 is 0 Å². The fraction of sp³-hybridized carbons (Fsp3) is 0.917. The number of rotatable bonds is 43. The van der Waals surface area contributed by atoms with Crippen LogP contribution in [0.3, 0.4) is 0 Å². The molecule has 0 heterocycles. The van der Waals surface area contributed by atoms with E-state index in [2.05, 4.69) is 32.9 Å². The van der Waals surface area contributed by atoms with Crippen LogP contribution in [-0.4, -0.2) is 25.2 Å². The van der Waals surface area contributed by atoms with Crippen LogP contribution in [0.15, 0.2) is 12.2 Å². The van der Waals surface area contributed by atoms with Crippen molar-refractivity contribution < 1.29 is 19.1 Å². The molecule has 4 nitrogen and oxygen atoms in total. The second kappa shape index (κ2) is 44.1. The first-order valence-electron chi connectivity index (χ1n) is 23.6. The van der Waals surface area contributed by atoms with Gasteiger partial charge in [-0.25, -0.2) is 0 Å². The van der Waals surface area contributed by atoms with Gasteiger partial charge >= 0.3 is 11.9 Å². The van der Waals surface area contributed by atoms with E-state index in [1.54, 1.807) is 0 Å². The number of carbonyl (C=O) groups is 2. The number of hydrogen-bond donors (Lipinski definition) is 0. The van der Waals surface area contributed by atoms with Gasteiger partial charge in [-0.2, -0.15) is 0 Å². The minimum atomic E-state index is -0.375. The van der Waals surface area contributed by atoms with Crippen LogP contribution in [0.4, 0.5) is 0 Å². The van der Waals surface area contributed by atoms with Gasteiger partial charge in [0.15, 0.2) is 0 Å². The molecule has 1 unspecified atom stereocenters. The van der Waals surface area contributed by atoms with Gasteiger partial charge < -0.3 is 9.47 Å². The molecule has 0 N–H and O–H groups in total. The predicted molar refractivity (Wildman–Crippen MR) is 227 cm³/mol. The van der Waals surface area contributed by atoms with Gasteiger partial charge in [-0.3, -0.25) is 9.59 Å². The first-order chi connectivity index (χ1) is 25.7. The molecule has 0 fully saturated rings. The van der Waals surface area contributed by atoms with Gasteiger partial charge in [0.1, 0.15) is 0 Å². The zero-order chi connectivity index (χ0) is 37.8. The quantitative estimate of drug-likeness (QED) is 0.0356. The minimum absolute atomic E-state index is 0.160. The van der Waals surface area contributed by atoms with Gasteiger partial charge in [-0.05, 0) is 44.9 Å².